The Labute approximate surface area is 131 Å². The number of hydrogen-bond donors (Lipinski definition) is 1. The Kier molecular flexibility index (Phi) is 6.49. The van der Waals surface area contributed by atoms with Gasteiger partial charge in [0, 0.05) is 31.3 Å². The van der Waals surface area contributed by atoms with E-state index < -0.39 is 0 Å². The van der Waals surface area contributed by atoms with Crippen molar-refractivity contribution in [2.75, 3.05) is 33.4 Å². The van der Waals surface area contributed by atoms with E-state index in [1.807, 2.05) is 24.3 Å². The SMILES string of the molecule is COCCN1CCCC1CNC(=O)Cc1ccccc1Cl. The second-order valence-electron chi connectivity index (χ2n) is 5.40. The summed E-state index contributed by atoms with van der Waals surface area (Å²) < 4.78 is 5.13. The summed E-state index contributed by atoms with van der Waals surface area (Å²) >= 11 is 6.07. The summed E-state index contributed by atoms with van der Waals surface area (Å²) in [5, 5.41) is 3.68. The number of likely N-dealkylation sites (tertiary alicyclic amines) is 1. The van der Waals surface area contributed by atoms with Crippen LogP contribution in [-0.4, -0.2) is 50.2 Å². The fraction of sp³-hybridized carbons (Fsp3) is 0.562. The highest BCUT2D eigenvalue weighted by atomic mass is 35.5. The summed E-state index contributed by atoms with van der Waals surface area (Å²) in [6, 6.07) is 7.90. The van der Waals surface area contributed by atoms with E-state index in [2.05, 4.69) is 10.2 Å². The number of nitrogens with one attached hydrogen (secondary N) is 1. The van der Waals surface area contributed by atoms with Gasteiger partial charge >= 0.3 is 0 Å². The third kappa shape index (κ3) is 4.99. The van der Waals surface area contributed by atoms with Crippen molar-refractivity contribution in [1.82, 2.24) is 10.2 Å². The topological polar surface area (TPSA) is 41.6 Å². The molecule has 0 aromatic heterocycles. The van der Waals surface area contributed by atoms with Crippen LogP contribution in [0.3, 0.4) is 0 Å². The van der Waals surface area contributed by atoms with Gasteiger partial charge < -0.3 is 10.1 Å². The van der Waals surface area contributed by atoms with Crippen molar-refractivity contribution in [3.8, 4) is 0 Å². The van der Waals surface area contributed by atoms with E-state index in [-0.39, 0.29) is 5.91 Å². The van der Waals surface area contributed by atoms with Crippen LogP contribution in [0.2, 0.25) is 5.02 Å². The van der Waals surface area contributed by atoms with Crippen LogP contribution in [0.15, 0.2) is 24.3 Å². The molecule has 4 nitrogen and oxygen atoms in total. The molecular weight excluding hydrogens is 288 g/mol. The van der Waals surface area contributed by atoms with Crippen LogP contribution < -0.4 is 5.32 Å². The molecule has 116 valence electrons. The molecule has 0 radical (unpaired) electrons. The van der Waals surface area contributed by atoms with E-state index in [9.17, 15) is 4.79 Å². The van der Waals surface area contributed by atoms with Crippen LogP contribution in [0, 0.1) is 0 Å². The first kappa shape index (κ1) is 16.3. The van der Waals surface area contributed by atoms with Crippen LogP contribution in [0.4, 0.5) is 0 Å². The number of amides is 1. The molecule has 21 heavy (non-hydrogen) atoms. The van der Waals surface area contributed by atoms with Gasteiger partial charge in [-0.3, -0.25) is 9.69 Å². The molecule has 1 N–H and O–H groups in total. The van der Waals surface area contributed by atoms with Gasteiger partial charge in [0.05, 0.1) is 13.0 Å². The summed E-state index contributed by atoms with van der Waals surface area (Å²) in [5.74, 6) is 0.0293. The highest BCUT2D eigenvalue weighted by molar-refractivity contribution is 6.31. The number of rotatable bonds is 7. The number of halogens is 1. The van der Waals surface area contributed by atoms with Crippen molar-refractivity contribution < 1.29 is 9.53 Å². The zero-order chi connectivity index (χ0) is 15.1. The van der Waals surface area contributed by atoms with Crippen LogP contribution in [0.25, 0.3) is 0 Å². The van der Waals surface area contributed by atoms with E-state index in [1.165, 1.54) is 6.42 Å². The molecule has 5 heteroatoms. The van der Waals surface area contributed by atoms with Gasteiger partial charge in [-0.15, -0.1) is 0 Å². The number of benzene rings is 1. The molecule has 1 aliphatic heterocycles. The third-order valence-corrected chi connectivity index (χ3v) is 4.29. The lowest BCUT2D eigenvalue weighted by atomic mass is 10.1. The molecule has 0 bridgehead atoms. The molecule has 1 saturated heterocycles. The first-order valence-electron chi connectivity index (χ1n) is 7.44. The third-order valence-electron chi connectivity index (χ3n) is 3.93. The Morgan fingerprint density at radius 2 is 2.29 bits per heavy atom. The molecule has 1 aromatic carbocycles. The van der Waals surface area contributed by atoms with Crippen LogP contribution in [-0.2, 0) is 16.0 Å². The van der Waals surface area contributed by atoms with Gasteiger partial charge in [-0.05, 0) is 31.0 Å². The van der Waals surface area contributed by atoms with Crippen LogP contribution in [0.5, 0.6) is 0 Å². The second kappa shape index (κ2) is 8.37. The summed E-state index contributed by atoms with van der Waals surface area (Å²) in [6.45, 7) is 3.47. The van der Waals surface area contributed by atoms with Gasteiger partial charge in [0.2, 0.25) is 5.91 Å². The lowest BCUT2D eigenvalue weighted by molar-refractivity contribution is -0.120. The average molecular weight is 311 g/mol. The van der Waals surface area contributed by atoms with E-state index in [0.29, 0.717) is 24.0 Å². The van der Waals surface area contributed by atoms with Crippen molar-refractivity contribution in [1.29, 1.82) is 0 Å². The predicted octanol–water partition coefficient (Wildman–Crippen LogP) is 2.11. The Balaban J connectivity index is 1.77. The molecule has 1 unspecified atom stereocenters. The quantitative estimate of drug-likeness (QED) is 0.838. The van der Waals surface area contributed by atoms with E-state index in [0.717, 1.165) is 31.7 Å². The maximum atomic E-state index is 12.0. The predicted molar refractivity (Wildman–Crippen MR) is 84.6 cm³/mol. The molecular formula is C16H23ClN2O2. The number of methoxy groups -OCH3 is 1. The summed E-state index contributed by atoms with van der Waals surface area (Å²) in [6.07, 6.45) is 2.66. The summed E-state index contributed by atoms with van der Waals surface area (Å²) in [7, 11) is 1.72. The lowest BCUT2D eigenvalue weighted by Gasteiger charge is -2.24. The fourth-order valence-electron chi connectivity index (χ4n) is 2.74. The molecule has 1 fully saturated rings. The fourth-order valence-corrected chi connectivity index (χ4v) is 2.94. The minimum Gasteiger partial charge on any atom is -0.383 e. The smallest absolute Gasteiger partial charge is 0.224 e. The number of nitrogens with zero attached hydrogens (tertiary/aromatic N) is 1. The monoisotopic (exact) mass is 310 g/mol. The largest absolute Gasteiger partial charge is 0.383 e. The first-order chi connectivity index (χ1) is 10.2. The Hall–Kier alpha value is -1.10. The van der Waals surface area contributed by atoms with Gasteiger partial charge in [0.25, 0.3) is 0 Å². The Morgan fingerprint density at radius 3 is 3.05 bits per heavy atom. The molecule has 1 aliphatic rings. The van der Waals surface area contributed by atoms with Crippen LogP contribution in [0.1, 0.15) is 18.4 Å². The Bertz CT molecular complexity index is 467. The van der Waals surface area contributed by atoms with Crippen LogP contribution >= 0.6 is 11.6 Å². The Morgan fingerprint density at radius 1 is 1.48 bits per heavy atom. The summed E-state index contributed by atoms with van der Waals surface area (Å²) in [4.78, 5) is 14.4. The van der Waals surface area contributed by atoms with Gasteiger partial charge in [0.1, 0.15) is 0 Å². The van der Waals surface area contributed by atoms with Gasteiger partial charge in [-0.2, -0.15) is 0 Å². The van der Waals surface area contributed by atoms with E-state index in [4.69, 9.17) is 16.3 Å². The molecule has 2 rings (SSSR count). The van der Waals surface area contributed by atoms with Gasteiger partial charge in [-0.25, -0.2) is 0 Å². The average Bonchev–Trinajstić information content (AvgIpc) is 2.93. The molecule has 1 atom stereocenters. The number of ether oxygens (including phenoxy) is 1. The molecule has 0 aliphatic carbocycles. The molecule has 1 heterocycles. The van der Waals surface area contributed by atoms with Gasteiger partial charge in [0.15, 0.2) is 0 Å². The molecule has 0 saturated carbocycles. The summed E-state index contributed by atoms with van der Waals surface area (Å²) in [5.41, 5.74) is 0.874. The molecule has 0 spiro atoms. The minimum absolute atomic E-state index is 0.0293. The number of carbonyl (C=O) groups excluding carboxylic acids is 1. The molecule has 1 amide bonds. The van der Waals surface area contributed by atoms with Crippen molar-refractivity contribution >= 4 is 17.5 Å². The standard InChI is InChI=1S/C16H23ClN2O2/c1-21-10-9-19-8-4-6-14(19)12-18-16(20)11-13-5-2-3-7-15(13)17/h2-3,5,7,14H,4,6,8-12H2,1H3,(H,18,20). The zero-order valence-corrected chi connectivity index (χ0v) is 13.2. The van der Waals surface area contributed by atoms with Crippen molar-refractivity contribution in [3.05, 3.63) is 34.9 Å². The highest BCUT2D eigenvalue weighted by Crippen LogP contribution is 2.17. The zero-order valence-electron chi connectivity index (χ0n) is 12.5. The van der Waals surface area contributed by atoms with Crippen molar-refractivity contribution in [3.63, 3.8) is 0 Å². The van der Waals surface area contributed by atoms with Crippen molar-refractivity contribution in [2.24, 2.45) is 0 Å². The van der Waals surface area contributed by atoms with Gasteiger partial charge in [-0.1, -0.05) is 29.8 Å². The maximum absolute atomic E-state index is 12.0. The van der Waals surface area contributed by atoms with Crippen molar-refractivity contribution in [2.45, 2.75) is 25.3 Å². The first-order valence-corrected chi connectivity index (χ1v) is 7.81. The number of hydrogen-bond acceptors (Lipinski definition) is 3. The second-order valence-corrected chi connectivity index (χ2v) is 5.80. The highest BCUT2D eigenvalue weighted by Gasteiger charge is 2.24. The van der Waals surface area contributed by atoms with E-state index >= 15 is 0 Å². The number of carbonyl (C=O) groups is 1. The minimum atomic E-state index is 0.0293. The normalized spacial score (nSPS) is 18.9. The lowest BCUT2D eigenvalue weighted by Crippen LogP contribution is -2.41. The molecule has 1 aromatic rings. The maximum Gasteiger partial charge on any atom is 0.224 e. The van der Waals surface area contributed by atoms with E-state index in [1.54, 1.807) is 7.11 Å².